The van der Waals surface area contributed by atoms with Gasteiger partial charge in [-0.3, -0.25) is 9.89 Å². The summed E-state index contributed by atoms with van der Waals surface area (Å²) in [7, 11) is 0. The molecule has 0 aliphatic heterocycles. The van der Waals surface area contributed by atoms with Gasteiger partial charge in [0.05, 0.1) is 31.3 Å². The van der Waals surface area contributed by atoms with Crippen LogP contribution in [0, 0.1) is 11.3 Å². The van der Waals surface area contributed by atoms with E-state index in [4.69, 9.17) is 4.74 Å². The van der Waals surface area contributed by atoms with Crippen LogP contribution in [0.15, 0.2) is 66.1 Å². The number of rotatable bonds is 8. The number of nitrogens with zero attached hydrogens (tertiary/aromatic N) is 6. The summed E-state index contributed by atoms with van der Waals surface area (Å²) in [5, 5.41) is 20.4. The normalized spacial score (nSPS) is 11.6. The van der Waals surface area contributed by atoms with Gasteiger partial charge in [-0.2, -0.15) is 15.5 Å². The number of H-pyrrole nitrogens is 1. The van der Waals surface area contributed by atoms with Crippen molar-refractivity contribution in [2.75, 3.05) is 6.61 Å². The van der Waals surface area contributed by atoms with E-state index < -0.39 is 0 Å². The van der Waals surface area contributed by atoms with Crippen molar-refractivity contribution in [2.24, 2.45) is 0 Å². The zero-order chi connectivity index (χ0) is 22.3. The molecule has 1 N–H and O–H groups in total. The predicted molar refractivity (Wildman–Crippen MR) is 117 cm³/mol. The molecular formula is C23H21N7O2. The lowest BCUT2D eigenvalue weighted by Gasteiger charge is -2.17. The maximum atomic E-state index is 12.8. The molecule has 0 aliphatic carbocycles. The van der Waals surface area contributed by atoms with E-state index in [0.717, 1.165) is 11.1 Å². The third kappa shape index (κ3) is 4.54. The van der Waals surface area contributed by atoms with E-state index in [9.17, 15) is 10.1 Å². The van der Waals surface area contributed by atoms with Gasteiger partial charge in [-0.15, -0.1) is 0 Å². The Bertz CT molecular complexity index is 1270. The fourth-order valence-electron chi connectivity index (χ4n) is 3.45. The molecule has 32 heavy (non-hydrogen) atoms. The average molecular weight is 427 g/mol. The first-order valence-electron chi connectivity index (χ1n) is 10.2. The Morgan fingerprint density at radius 3 is 2.78 bits per heavy atom. The minimum absolute atomic E-state index is 0.185. The van der Waals surface area contributed by atoms with Crippen molar-refractivity contribution in [1.82, 2.24) is 29.9 Å². The summed E-state index contributed by atoms with van der Waals surface area (Å²) >= 11 is 0. The first kappa shape index (κ1) is 20.9. The first-order chi connectivity index (χ1) is 15.7. The molecule has 0 aliphatic rings. The number of ether oxygens (including phenoxy) is 1. The second-order valence-corrected chi connectivity index (χ2v) is 7.02. The number of aromatic amines is 1. The Morgan fingerprint density at radius 1 is 1.22 bits per heavy atom. The molecular weight excluding hydrogens is 406 g/mol. The second kappa shape index (κ2) is 9.66. The number of nitrogens with one attached hydrogen (secondary N) is 1. The highest BCUT2D eigenvalue weighted by atomic mass is 16.5. The Labute approximate surface area is 184 Å². The van der Waals surface area contributed by atoms with Gasteiger partial charge in [-0.25, -0.2) is 14.6 Å². The van der Waals surface area contributed by atoms with Crippen LogP contribution in [0.3, 0.4) is 0 Å². The number of benzene rings is 1. The molecule has 3 heterocycles. The average Bonchev–Trinajstić information content (AvgIpc) is 3.36. The zero-order valence-electron chi connectivity index (χ0n) is 17.5. The fourth-order valence-corrected chi connectivity index (χ4v) is 3.45. The Balaban J connectivity index is 1.73. The molecule has 1 unspecified atom stereocenters. The van der Waals surface area contributed by atoms with Crippen LogP contribution >= 0.6 is 0 Å². The predicted octanol–water partition coefficient (Wildman–Crippen LogP) is 3.25. The van der Waals surface area contributed by atoms with Crippen LogP contribution in [0.25, 0.3) is 17.1 Å². The van der Waals surface area contributed by atoms with Gasteiger partial charge in [-0.05, 0) is 25.0 Å². The van der Waals surface area contributed by atoms with Crippen LogP contribution in [0.1, 0.15) is 36.9 Å². The monoisotopic (exact) mass is 427 g/mol. The minimum atomic E-state index is -0.357. The van der Waals surface area contributed by atoms with Crippen molar-refractivity contribution in [3.8, 4) is 28.9 Å². The molecule has 0 saturated heterocycles. The molecule has 3 aromatic heterocycles. The van der Waals surface area contributed by atoms with Gasteiger partial charge in [-0.1, -0.05) is 18.2 Å². The quantitative estimate of drug-likeness (QED) is 0.458. The van der Waals surface area contributed by atoms with Crippen molar-refractivity contribution >= 4 is 0 Å². The summed E-state index contributed by atoms with van der Waals surface area (Å²) in [6.07, 6.45) is 8.92. The molecule has 1 aromatic carbocycles. The van der Waals surface area contributed by atoms with Gasteiger partial charge in [0, 0.05) is 36.4 Å². The number of hydrogen-bond acceptors (Lipinski definition) is 7. The van der Waals surface area contributed by atoms with E-state index >= 15 is 0 Å². The highest BCUT2D eigenvalue weighted by molar-refractivity contribution is 5.57. The largest absolute Gasteiger partial charge is 0.491 e. The first-order valence-corrected chi connectivity index (χ1v) is 10.2. The summed E-state index contributed by atoms with van der Waals surface area (Å²) in [4.78, 5) is 21.5. The lowest BCUT2D eigenvalue weighted by molar-refractivity contribution is 0.337. The van der Waals surface area contributed by atoms with E-state index in [1.54, 1.807) is 35.7 Å². The van der Waals surface area contributed by atoms with Gasteiger partial charge >= 0.3 is 0 Å². The molecule has 4 aromatic rings. The molecule has 9 nitrogen and oxygen atoms in total. The van der Waals surface area contributed by atoms with E-state index in [1.807, 2.05) is 31.2 Å². The Kier molecular flexibility index (Phi) is 6.32. The zero-order valence-corrected chi connectivity index (χ0v) is 17.5. The third-order valence-corrected chi connectivity index (χ3v) is 4.94. The minimum Gasteiger partial charge on any atom is -0.491 e. The molecule has 160 valence electrons. The summed E-state index contributed by atoms with van der Waals surface area (Å²) in [5.41, 5.74) is 2.56. The van der Waals surface area contributed by atoms with Crippen molar-refractivity contribution in [1.29, 1.82) is 5.26 Å². The standard InChI is InChI=1S/C23H21N7O2/c1-2-32-19-14-25-23(26-15-19)17-6-3-5-16(11-17)20(7-4-9-24)22-21(31)8-10-30(29-22)18-12-27-28-13-18/h3,5-6,8,10-15,20H,2,4,7H2,1H3,(H,27,28). The van der Waals surface area contributed by atoms with E-state index in [1.165, 1.54) is 6.07 Å². The summed E-state index contributed by atoms with van der Waals surface area (Å²) in [6, 6.07) is 11.3. The fraction of sp³-hybridized carbons (Fsp3) is 0.217. The topological polar surface area (TPSA) is 122 Å². The number of hydrogen-bond donors (Lipinski definition) is 1. The third-order valence-electron chi connectivity index (χ3n) is 4.94. The lowest BCUT2D eigenvalue weighted by Crippen LogP contribution is -2.20. The van der Waals surface area contributed by atoms with Crippen LogP contribution in [-0.2, 0) is 0 Å². The summed E-state index contributed by atoms with van der Waals surface area (Å²) in [5.74, 6) is 0.794. The lowest BCUT2D eigenvalue weighted by atomic mass is 9.90. The van der Waals surface area contributed by atoms with Crippen molar-refractivity contribution in [3.05, 3.63) is 82.8 Å². The molecule has 0 spiro atoms. The van der Waals surface area contributed by atoms with Crippen LogP contribution in [0.2, 0.25) is 0 Å². The van der Waals surface area contributed by atoms with Crippen molar-refractivity contribution in [2.45, 2.75) is 25.7 Å². The van der Waals surface area contributed by atoms with E-state index in [-0.39, 0.29) is 17.8 Å². The van der Waals surface area contributed by atoms with Crippen LogP contribution in [0.4, 0.5) is 0 Å². The number of nitriles is 1. The molecule has 0 fully saturated rings. The van der Waals surface area contributed by atoms with Crippen molar-refractivity contribution < 1.29 is 4.74 Å². The van der Waals surface area contributed by atoms with Crippen molar-refractivity contribution in [3.63, 3.8) is 0 Å². The van der Waals surface area contributed by atoms with Gasteiger partial charge in [0.2, 0.25) is 5.43 Å². The summed E-state index contributed by atoms with van der Waals surface area (Å²) in [6.45, 7) is 2.44. The van der Waals surface area contributed by atoms with Crippen LogP contribution in [0.5, 0.6) is 5.75 Å². The molecule has 0 radical (unpaired) electrons. The maximum Gasteiger partial charge on any atom is 0.203 e. The van der Waals surface area contributed by atoms with E-state index in [0.29, 0.717) is 36.0 Å². The second-order valence-electron chi connectivity index (χ2n) is 7.02. The number of aromatic nitrogens is 6. The smallest absolute Gasteiger partial charge is 0.203 e. The van der Waals surface area contributed by atoms with E-state index in [2.05, 4.69) is 31.3 Å². The van der Waals surface area contributed by atoms with Crippen LogP contribution in [-0.4, -0.2) is 36.6 Å². The molecule has 0 bridgehead atoms. The Morgan fingerprint density at radius 2 is 2.06 bits per heavy atom. The van der Waals surface area contributed by atoms with Gasteiger partial charge in [0.25, 0.3) is 0 Å². The van der Waals surface area contributed by atoms with Gasteiger partial charge in [0.1, 0.15) is 11.4 Å². The molecule has 9 heteroatoms. The maximum absolute atomic E-state index is 12.8. The van der Waals surface area contributed by atoms with Gasteiger partial charge < -0.3 is 4.74 Å². The summed E-state index contributed by atoms with van der Waals surface area (Å²) < 4.78 is 7.00. The van der Waals surface area contributed by atoms with Gasteiger partial charge in [0.15, 0.2) is 11.6 Å². The van der Waals surface area contributed by atoms with Crippen LogP contribution < -0.4 is 10.2 Å². The molecule has 1 atom stereocenters. The highest BCUT2D eigenvalue weighted by Gasteiger charge is 2.21. The molecule has 0 saturated carbocycles. The molecule has 0 amide bonds. The highest BCUT2D eigenvalue weighted by Crippen LogP contribution is 2.29. The molecule has 4 rings (SSSR count). The SMILES string of the molecule is CCOc1cnc(-c2cccc(C(CCC#N)c3nn(-c4cn[nH]c4)ccc3=O)c2)nc1. The Hall–Kier alpha value is -4.32.